The van der Waals surface area contributed by atoms with Gasteiger partial charge in [0.1, 0.15) is 6.10 Å². The Morgan fingerprint density at radius 3 is 1.72 bits per heavy atom. The van der Waals surface area contributed by atoms with Crippen molar-refractivity contribution in [2.75, 3.05) is 37.6 Å². The Hall–Kier alpha value is -3.76. The van der Waals surface area contributed by atoms with E-state index >= 15 is 0 Å². The highest BCUT2D eigenvalue weighted by Gasteiger charge is 2.41. The number of alkyl halides is 3. The van der Waals surface area contributed by atoms with Crippen molar-refractivity contribution in [3.05, 3.63) is 132 Å². The second-order valence-electron chi connectivity index (χ2n) is 12.5. The van der Waals surface area contributed by atoms with Gasteiger partial charge in [-0.05, 0) is 47.6 Å². The summed E-state index contributed by atoms with van der Waals surface area (Å²) in [6.07, 6.45) is -2.40. The molecule has 2 aliphatic heterocycles. The zero-order valence-electron chi connectivity index (χ0n) is 26.5. The molecule has 4 aromatic rings. The highest BCUT2D eigenvalue weighted by molar-refractivity contribution is 5.52. The Labute approximate surface area is 275 Å². The van der Waals surface area contributed by atoms with E-state index in [0.29, 0.717) is 46.0 Å². The van der Waals surface area contributed by atoms with Crippen molar-refractivity contribution in [3.8, 4) is 0 Å². The van der Waals surface area contributed by atoms with Crippen LogP contribution < -0.4 is 4.90 Å². The van der Waals surface area contributed by atoms with E-state index in [1.54, 1.807) is 6.07 Å². The van der Waals surface area contributed by atoms with E-state index in [9.17, 15) is 13.2 Å². The summed E-state index contributed by atoms with van der Waals surface area (Å²) in [6.45, 7) is 4.41. The SMILES string of the molecule is FC(F)(F)c1ncccc1N1CCC[C@@H](CN2C[C@H](OCc3ccccc3)C(OCc3ccccc3)[C@H](OCc3ccccc3)C2)C1. The van der Waals surface area contributed by atoms with Gasteiger partial charge in [0, 0.05) is 38.9 Å². The first kappa shape index (κ1) is 33.2. The fourth-order valence-corrected chi connectivity index (χ4v) is 6.68. The van der Waals surface area contributed by atoms with E-state index in [0.717, 1.165) is 36.1 Å². The quantitative estimate of drug-likeness (QED) is 0.160. The summed E-state index contributed by atoms with van der Waals surface area (Å²) in [4.78, 5) is 7.91. The molecule has 1 unspecified atom stereocenters. The Morgan fingerprint density at radius 2 is 1.19 bits per heavy atom. The molecule has 0 bridgehead atoms. The first-order valence-corrected chi connectivity index (χ1v) is 16.4. The van der Waals surface area contributed by atoms with Gasteiger partial charge in [-0.1, -0.05) is 91.0 Å². The predicted molar refractivity (Wildman–Crippen MR) is 176 cm³/mol. The fraction of sp³-hybridized carbons (Fsp3) is 0.395. The first-order chi connectivity index (χ1) is 22.9. The van der Waals surface area contributed by atoms with Gasteiger partial charge in [0.15, 0.2) is 5.69 Å². The minimum atomic E-state index is -4.50. The maximum atomic E-state index is 13.8. The molecule has 0 spiro atoms. The van der Waals surface area contributed by atoms with Crippen molar-refractivity contribution in [2.24, 2.45) is 5.92 Å². The smallest absolute Gasteiger partial charge is 0.369 e. The predicted octanol–water partition coefficient (Wildman–Crippen LogP) is 7.39. The summed E-state index contributed by atoms with van der Waals surface area (Å²) in [5.74, 6) is 0.177. The number of anilines is 1. The second kappa shape index (κ2) is 15.9. The molecule has 6 nitrogen and oxygen atoms in total. The van der Waals surface area contributed by atoms with E-state index in [2.05, 4.69) is 22.0 Å². The summed E-state index contributed by atoms with van der Waals surface area (Å²) in [5.41, 5.74) is 2.57. The lowest BCUT2D eigenvalue weighted by Crippen LogP contribution is -2.59. The monoisotopic (exact) mass is 645 g/mol. The van der Waals surface area contributed by atoms with Gasteiger partial charge in [0.2, 0.25) is 0 Å². The minimum absolute atomic E-state index is 0.158. The zero-order chi connectivity index (χ0) is 32.5. The standard InChI is InChI=1S/C38H42F3N3O3/c39-38(40,41)37-33(19-10-20-42-37)44-21-11-18-32(23-44)22-43-24-34(45-26-29-12-4-1-5-13-29)36(47-28-31-16-8-3-9-17-31)35(25-43)46-27-30-14-6-2-7-15-30/h1-10,12-17,19-20,32,34-36H,11,18,21-28H2/t32-,34-,35+,36?/m0/s1. The fourth-order valence-electron chi connectivity index (χ4n) is 6.68. The van der Waals surface area contributed by atoms with Crippen molar-refractivity contribution >= 4 is 5.69 Å². The van der Waals surface area contributed by atoms with Crippen LogP contribution in [0.1, 0.15) is 35.2 Å². The van der Waals surface area contributed by atoms with Gasteiger partial charge in [-0.15, -0.1) is 0 Å². The molecule has 2 fully saturated rings. The van der Waals surface area contributed by atoms with E-state index in [1.807, 2.05) is 83.8 Å². The van der Waals surface area contributed by atoms with E-state index in [1.165, 1.54) is 12.3 Å². The molecule has 1 aromatic heterocycles. The minimum Gasteiger partial charge on any atom is -0.369 e. The van der Waals surface area contributed by atoms with Gasteiger partial charge in [-0.25, -0.2) is 4.98 Å². The van der Waals surface area contributed by atoms with Crippen LogP contribution in [0, 0.1) is 5.92 Å². The zero-order valence-corrected chi connectivity index (χ0v) is 26.5. The molecule has 0 aliphatic carbocycles. The number of nitrogens with zero attached hydrogens (tertiary/aromatic N) is 3. The molecular formula is C38H42F3N3O3. The number of aromatic nitrogens is 1. The van der Waals surface area contributed by atoms with Gasteiger partial charge < -0.3 is 19.1 Å². The third-order valence-electron chi connectivity index (χ3n) is 8.94. The summed E-state index contributed by atoms with van der Waals surface area (Å²) < 4.78 is 61.3. The number of ether oxygens (including phenoxy) is 3. The van der Waals surface area contributed by atoms with Crippen molar-refractivity contribution in [2.45, 2.75) is 57.2 Å². The second-order valence-corrected chi connectivity index (χ2v) is 12.5. The van der Waals surface area contributed by atoms with Crippen molar-refractivity contribution in [1.82, 2.24) is 9.88 Å². The lowest BCUT2D eigenvalue weighted by atomic mass is 9.94. The van der Waals surface area contributed by atoms with Gasteiger partial charge in [-0.2, -0.15) is 13.2 Å². The number of rotatable bonds is 12. The van der Waals surface area contributed by atoms with Gasteiger partial charge >= 0.3 is 6.18 Å². The Bertz CT molecular complexity index is 1460. The summed E-state index contributed by atoms with van der Waals surface area (Å²) in [7, 11) is 0. The molecular weight excluding hydrogens is 603 g/mol. The van der Waals surface area contributed by atoms with Gasteiger partial charge in [-0.3, -0.25) is 4.90 Å². The van der Waals surface area contributed by atoms with Crippen LogP contribution in [0.15, 0.2) is 109 Å². The van der Waals surface area contributed by atoms with E-state index < -0.39 is 11.9 Å². The van der Waals surface area contributed by atoms with Crippen LogP contribution in [0.25, 0.3) is 0 Å². The molecule has 4 atom stereocenters. The third-order valence-corrected chi connectivity index (χ3v) is 8.94. The van der Waals surface area contributed by atoms with E-state index in [4.69, 9.17) is 14.2 Å². The molecule has 0 radical (unpaired) electrons. The van der Waals surface area contributed by atoms with Crippen LogP contribution in [0.3, 0.4) is 0 Å². The maximum absolute atomic E-state index is 13.8. The highest BCUT2D eigenvalue weighted by atomic mass is 19.4. The Morgan fingerprint density at radius 1 is 0.660 bits per heavy atom. The molecule has 6 rings (SSSR count). The molecule has 0 saturated carbocycles. The number of hydrogen-bond acceptors (Lipinski definition) is 6. The van der Waals surface area contributed by atoms with Crippen molar-refractivity contribution in [1.29, 1.82) is 0 Å². The van der Waals surface area contributed by atoms with Crippen LogP contribution in [-0.4, -0.2) is 60.9 Å². The van der Waals surface area contributed by atoms with Crippen molar-refractivity contribution in [3.63, 3.8) is 0 Å². The van der Waals surface area contributed by atoms with E-state index in [-0.39, 0.29) is 29.9 Å². The average Bonchev–Trinajstić information content (AvgIpc) is 3.10. The Balaban J connectivity index is 1.20. The highest BCUT2D eigenvalue weighted by Crippen LogP contribution is 2.36. The third kappa shape index (κ3) is 9.20. The van der Waals surface area contributed by atoms with Crippen molar-refractivity contribution < 1.29 is 27.4 Å². The summed E-state index contributed by atoms with van der Waals surface area (Å²) in [6, 6.07) is 33.4. The van der Waals surface area contributed by atoms with Crippen LogP contribution in [0.4, 0.5) is 18.9 Å². The number of pyridine rings is 1. The summed E-state index contributed by atoms with van der Waals surface area (Å²) >= 11 is 0. The van der Waals surface area contributed by atoms with Gasteiger partial charge in [0.05, 0.1) is 37.7 Å². The molecule has 3 heterocycles. The van der Waals surface area contributed by atoms with Crippen LogP contribution >= 0.6 is 0 Å². The first-order valence-electron chi connectivity index (χ1n) is 16.4. The van der Waals surface area contributed by atoms with Crippen LogP contribution in [-0.2, 0) is 40.2 Å². The Kier molecular flexibility index (Phi) is 11.2. The maximum Gasteiger partial charge on any atom is 0.435 e. The largest absolute Gasteiger partial charge is 0.435 e. The molecule has 2 saturated heterocycles. The molecule has 47 heavy (non-hydrogen) atoms. The van der Waals surface area contributed by atoms with Gasteiger partial charge in [0.25, 0.3) is 0 Å². The van der Waals surface area contributed by atoms with Crippen LogP contribution in [0.5, 0.6) is 0 Å². The number of hydrogen-bond donors (Lipinski definition) is 0. The molecule has 0 N–H and O–H groups in total. The molecule has 0 amide bonds. The number of halogens is 3. The molecule has 3 aromatic carbocycles. The molecule has 2 aliphatic rings. The lowest BCUT2D eigenvalue weighted by Gasteiger charge is -2.45. The lowest BCUT2D eigenvalue weighted by molar-refractivity contribution is -0.185. The topological polar surface area (TPSA) is 47.1 Å². The number of piperidine rings is 2. The number of likely N-dealkylation sites (tertiary alicyclic amines) is 1. The number of benzene rings is 3. The molecule has 9 heteroatoms. The normalized spacial score (nSPS) is 22.3. The van der Waals surface area contributed by atoms with Crippen LogP contribution in [0.2, 0.25) is 0 Å². The average molecular weight is 646 g/mol. The molecule has 248 valence electrons. The summed E-state index contributed by atoms with van der Waals surface area (Å²) in [5, 5.41) is 0.